The first kappa shape index (κ1) is 18.2. The van der Waals surface area contributed by atoms with Gasteiger partial charge in [-0.25, -0.2) is 4.79 Å². The van der Waals surface area contributed by atoms with Gasteiger partial charge in [0.2, 0.25) is 11.8 Å². The second kappa shape index (κ2) is 6.32. The van der Waals surface area contributed by atoms with E-state index in [0.29, 0.717) is 28.1 Å². The van der Waals surface area contributed by atoms with Crippen molar-refractivity contribution in [3.63, 3.8) is 0 Å². The average molecular weight is 401 g/mol. The van der Waals surface area contributed by atoms with Crippen molar-refractivity contribution in [3.8, 4) is 5.75 Å². The molecule has 0 fully saturated rings. The van der Waals surface area contributed by atoms with Crippen LogP contribution < -0.4 is 15.4 Å². The molecule has 0 bridgehead atoms. The summed E-state index contributed by atoms with van der Waals surface area (Å²) < 4.78 is 11.2. The van der Waals surface area contributed by atoms with Gasteiger partial charge in [0.25, 0.3) is 0 Å². The third-order valence-electron chi connectivity index (χ3n) is 5.74. The van der Waals surface area contributed by atoms with E-state index in [-0.39, 0.29) is 24.0 Å². The SMILES string of the molecule is CCOC(=O)C1=C(N)Oc2c(ccc3cccnc23)C12C(=O)N(C)c1ccccc12. The Morgan fingerprint density at radius 1 is 1.17 bits per heavy atom. The Balaban J connectivity index is 1.93. The molecule has 1 unspecified atom stereocenters. The molecule has 5 rings (SSSR count). The van der Waals surface area contributed by atoms with Crippen LogP contribution in [0.1, 0.15) is 18.1 Å². The van der Waals surface area contributed by atoms with Crippen LogP contribution in [0.15, 0.2) is 66.2 Å². The molecular formula is C23H19N3O4. The standard InChI is InChI=1S/C23H19N3O4/c1-3-29-21(27)17-20(24)30-19-15(11-10-13-7-6-12-25-18(13)19)23(17)14-8-4-5-9-16(14)26(2)22(23)28/h4-12H,3,24H2,1-2H3. The molecule has 0 aliphatic carbocycles. The summed E-state index contributed by atoms with van der Waals surface area (Å²) in [7, 11) is 1.68. The highest BCUT2D eigenvalue weighted by atomic mass is 16.5. The van der Waals surface area contributed by atoms with Gasteiger partial charge < -0.3 is 20.1 Å². The molecule has 150 valence electrons. The number of carbonyl (C=O) groups is 2. The predicted octanol–water partition coefficient (Wildman–Crippen LogP) is 2.62. The first-order valence-electron chi connectivity index (χ1n) is 9.62. The van der Waals surface area contributed by atoms with Crippen LogP contribution in [0.25, 0.3) is 10.9 Å². The number of amides is 1. The predicted molar refractivity (Wildman–Crippen MR) is 111 cm³/mol. The number of rotatable bonds is 2. The molecule has 1 spiro atoms. The number of ether oxygens (including phenoxy) is 2. The molecular weight excluding hydrogens is 382 g/mol. The van der Waals surface area contributed by atoms with Crippen molar-refractivity contribution >= 4 is 28.5 Å². The van der Waals surface area contributed by atoms with Gasteiger partial charge in [-0.1, -0.05) is 36.4 Å². The van der Waals surface area contributed by atoms with E-state index in [1.807, 2.05) is 42.5 Å². The highest BCUT2D eigenvalue weighted by Gasteiger charge is 2.60. The molecule has 1 amide bonds. The highest BCUT2D eigenvalue weighted by molar-refractivity contribution is 6.18. The lowest BCUT2D eigenvalue weighted by Gasteiger charge is -2.36. The zero-order chi connectivity index (χ0) is 21.0. The second-order valence-electron chi connectivity index (χ2n) is 7.21. The van der Waals surface area contributed by atoms with Gasteiger partial charge in [0, 0.05) is 35.4 Å². The van der Waals surface area contributed by atoms with E-state index in [0.717, 1.165) is 5.39 Å². The molecule has 2 aliphatic heterocycles. The molecule has 30 heavy (non-hydrogen) atoms. The number of benzene rings is 2. The number of esters is 1. The van der Waals surface area contributed by atoms with Gasteiger partial charge in [-0.15, -0.1) is 0 Å². The zero-order valence-electron chi connectivity index (χ0n) is 16.5. The summed E-state index contributed by atoms with van der Waals surface area (Å²) in [4.78, 5) is 32.9. The van der Waals surface area contributed by atoms with Gasteiger partial charge in [-0.05, 0) is 19.1 Å². The van der Waals surface area contributed by atoms with Crippen molar-refractivity contribution < 1.29 is 19.1 Å². The largest absolute Gasteiger partial charge is 0.462 e. The van der Waals surface area contributed by atoms with Crippen molar-refractivity contribution in [2.24, 2.45) is 5.73 Å². The number of nitrogens with zero attached hydrogens (tertiary/aromatic N) is 2. The monoisotopic (exact) mass is 401 g/mol. The number of hydrogen-bond donors (Lipinski definition) is 1. The fourth-order valence-corrected chi connectivity index (χ4v) is 4.52. The van der Waals surface area contributed by atoms with Crippen molar-refractivity contribution in [1.82, 2.24) is 4.98 Å². The molecule has 2 aromatic carbocycles. The molecule has 3 aromatic rings. The summed E-state index contributed by atoms with van der Waals surface area (Å²) >= 11 is 0. The smallest absolute Gasteiger partial charge is 0.341 e. The summed E-state index contributed by atoms with van der Waals surface area (Å²) in [6, 6.07) is 14.7. The molecule has 2 aliphatic rings. The Labute approximate surface area is 172 Å². The van der Waals surface area contributed by atoms with E-state index >= 15 is 0 Å². The molecule has 1 aromatic heterocycles. The van der Waals surface area contributed by atoms with Crippen LogP contribution in [0.3, 0.4) is 0 Å². The topological polar surface area (TPSA) is 94.7 Å². The van der Waals surface area contributed by atoms with E-state index in [9.17, 15) is 9.59 Å². The maximum atomic E-state index is 13.9. The van der Waals surface area contributed by atoms with E-state index in [4.69, 9.17) is 15.2 Å². The number of fused-ring (bicyclic) bond motifs is 6. The van der Waals surface area contributed by atoms with Crippen LogP contribution in [-0.4, -0.2) is 30.5 Å². The average Bonchev–Trinajstić information content (AvgIpc) is 2.97. The summed E-state index contributed by atoms with van der Waals surface area (Å²) in [5, 5.41) is 0.839. The lowest BCUT2D eigenvalue weighted by atomic mass is 9.68. The molecule has 1 atom stereocenters. The van der Waals surface area contributed by atoms with Gasteiger partial charge in [0.1, 0.15) is 16.5 Å². The molecule has 7 heteroatoms. The first-order chi connectivity index (χ1) is 14.5. The summed E-state index contributed by atoms with van der Waals surface area (Å²) in [5.74, 6) is -0.760. The van der Waals surface area contributed by atoms with Crippen LogP contribution in [0.5, 0.6) is 5.75 Å². The van der Waals surface area contributed by atoms with Crippen LogP contribution in [0, 0.1) is 0 Å². The number of para-hydroxylation sites is 1. The van der Waals surface area contributed by atoms with E-state index in [1.165, 1.54) is 0 Å². The Bertz CT molecular complexity index is 1270. The molecule has 0 saturated heterocycles. The number of hydrogen-bond acceptors (Lipinski definition) is 6. The molecule has 3 heterocycles. The molecule has 0 radical (unpaired) electrons. The highest BCUT2D eigenvalue weighted by Crippen LogP contribution is 2.56. The molecule has 2 N–H and O–H groups in total. The Kier molecular flexibility index (Phi) is 3.83. The van der Waals surface area contributed by atoms with Crippen LogP contribution in [0.4, 0.5) is 5.69 Å². The maximum absolute atomic E-state index is 13.9. The first-order valence-corrected chi connectivity index (χ1v) is 9.62. The minimum atomic E-state index is -1.47. The van der Waals surface area contributed by atoms with Crippen molar-refractivity contribution in [2.75, 3.05) is 18.6 Å². The van der Waals surface area contributed by atoms with Crippen LogP contribution in [-0.2, 0) is 19.7 Å². The lowest BCUT2D eigenvalue weighted by molar-refractivity contribution is -0.140. The lowest BCUT2D eigenvalue weighted by Crippen LogP contribution is -2.47. The fraction of sp³-hybridized carbons (Fsp3) is 0.174. The van der Waals surface area contributed by atoms with Crippen molar-refractivity contribution in [3.05, 3.63) is 77.3 Å². The van der Waals surface area contributed by atoms with E-state index in [2.05, 4.69) is 4.98 Å². The third-order valence-corrected chi connectivity index (χ3v) is 5.74. The van der Waals surface area contributed by atoms with Gasteiger partial charge in [0.15, 0.2) is 5.75 Å². The number of nitrogens with two attached hydrogens (primary N) is 1. The van der Waals surface area contributed by atoms with Gasteiger partial charge in [-0.3, -0.25) is 9.78 Å². The molecule has 0 saturated carbocycles. The Morgan fingerprint density at radius 3 is 2.77 bits per heavy atom. The van der Waals surface area contributed by atoms with Crippen molar-refractivity contribution in [1.29, 1.82) is 0 Å². The number of anilines is 1. The minimum absolute atomic E-state index is 0.00562. The number of likely N-dealkylation sites (N-methyl/N-ethyl adjacent to an activating group) is 1. The summed E-state index contributed by atoms with van der Waals surface area (Å²) in [5.41, 5.74) is 7.26. The number of pyridine rings is 1. The van der Waals surface area contributed by atoms with Gasteiger partial charge in [0.05, 0.1) is 6.61 Å². The van der Waals surface area contributed by atoms with Gasteiger partial charge in [-0.2, -0.15) is 0 Å². The van der Waals surface area contributed by atoms with Gasteiger partial charge >= 0.3 is 5.97 Å². The Hall–Kier alpha value is -3.87. The second-order valence-corrected chi connectivity index (χ2v) is 7.21. The Morgan fingerprint density at radius 2 is 1.97 bits per heavy atom. The minimum Gasteiger partial charge on any atom is -0.462 e. The maximum Gasteiger partial charge on any atom is 0.341 e. The summed E-state index contributed by atoms with van der Waals surface area (Å²) in [6.45, 7) is 1.84. The van der Waals surface area contributed by atoms with Crippen molar-refractivity contribution in [2.45, 2.75) is 12.3 Å². The van der Waals surface area contributed by atoms with Crippen LogP contribution >= 0.6 is 0 Å². The number of carbonyl (C=O) groups excluding carboxylic acids is 2. The fourth-order valence-electron chi connectivity index (χ4n) is 4.52. The quantitative estimate of drug-likeness (QED) is 0.664. The van der Waals surface area contributed by atoms with E-state index < -0.39 is 11.4 Å². The zero-order valence-corrected chi connectivity index (χ0v) is 16.5. The van der Waals surface area contributed by atoms with E-state index in [1.54, 1.807) is 31.1 Å². The van der Waals surface area contributed by atoms with Crippen LogP contribution in [0.2, 0.25) is 0 Å². The molecule has 7 nitrogen and oxygen atoms in total. The third kappa shape index (κ3) is 2.11. The summed E-state index contributed by atoms with van der Waals surface area (Å²) in [6.07, 6.45) is 1.65. The normalized spacial score (nSPS) is 19.7. The number of aromatic nitrogens is 1.